The largest absolute Gasteiger partial charge is 0.356 e. The van der Waals surface area contributed by atoms with Gasteiger partial charge < -0.3 is 15.5 Å². The second-order valence-electron chi connectivity index (χ2n) is 7.58. The molecule has 0 unspecified atom stereocenters. The van der Waals surface area contributed by atoms with Gasteiger partial charge in [-0.05, 0) is 38.5 Å². The smallest absolute Gasteiger partial charge is 0.256 e. The Morgan fingerprint density at radius 2 is 1.91 bits per heavy atom. The molecule has 0 saturated carbocycles. The van der Waals surface area contributed by atoms with Crippen molar-refractivity contribution in [1.82, 2.24) is 15.2 Å². The van der Waals surface area contributed by atoms with Crippen LogP contribution in [0.3, 0.4) is 0 Å². The van der Waals surface area contributed by atoms with Gasteiger partial charge in [0.2, 0.25) is 11.8 Å². The molecule has 0 aliphatic carbocycles. The molecule has 0 fully saturated rings. The molecule has 32 heavy (non-hydrogen) atoms. The van der Waals surface area contributed by atoms with Crippen molar-refractivity contribution in [2.45, 2.75) is 52.5 Å². The van der Waals surface area contributed by atoms with Crippen LogP contribution in [0.1, 0.15) is 56.1 Å². The van der Waals surface area contributed by atoms with Gasteiger partial charge in [-0.1, -0.05) is 43.0 Å². The number of halogens is 2. The number of thiazole rings is 1. The third kappa shape index (κ3) is 8.07. The molecule has 0 aliphatic heterocycles. The summed E-state index contributed by atoms with van der Waals surface area (Å²) in [5.41, 5.74) is 0.863. The zero-order valence-electron chi connectivity index (χ0n) is 18.4. The van der Waals surface area contributed by atoms with E-state index in [2.05, 4.69) is 22.5 Å². The lowest BCUT2D eigenvalue weighted by atomic mass is 10.1. The van der Waals surface area contributed by atoms with Crippen LogP contribution in [0.15, 0.2) is 23.6 Å². The number of nitrogens with one attached hydrogen (secondary N) is 2. The molecule has 2 rings (SSSR count). The van der Waals surface area contributed by atoms with Crippen LogP contribution >= 0.6 is 34.5 Å². The van der Waals surface area contributed by atoms with Gasteiger partial charge in [0.15, 0.2) is 5.13 Å². The number of unbranched alkanes of at least 4 members (excludes halogenated alkanes) is 2. The summed E-state index contributed by atoms with van der Waals surface area (Å²) in [6.45, 7) is 6.22. The summed E-state index contributed by atoms with van der Waals surface area (Å²) in [6, 6.07) is 4.38. The van der Waals surface area contributed by atoms with Crippen LogP contribution in [0.25, 0.3) is 0 Å². The Morgan fingerprint density at radius 3 is 2.56 bits per heavy atom. The van der Waals surface area contributed by atoms with Gasteiger partial charge in [0, 0.05) is 23.0 Å². The van der Waals surface area contributed by atoms with Gasteiger partial charge in [0.05, 0.1) is 22.7 Å². The molecule has 1 aromatic heterocycles. The van der Waals surface area contributed by atoms with Crippen molar-refractivity contribution in [2.24, 2.45) is 0 Å². The van der Waals surface area contributed by atoms with Gasteiger partial charge in [0.1, 0.15) is 6.54 Å². The normalized spacial score (nSPS) is 10.8. The number of benzene rings is 1. The van der Waals surface area contributed by atoms with Crippen LogP contribution in [-0.4, -0.2) is 46.7 Å². The second-order valence-corrected chi connectivity index (χ2v) is 9.28. The van der Waals surface area contributed by atoms with Crippen molar-refractivity contribution in [1.29, 1.82) is 0 Å². The minimum atomic E-state index is -0.387. The molecule has 0 spiro atoms. The summed E-state index contributed by atoms with van der Waals surface area (Å²) in [4.78, 5) is 43.2. The van der Waals surface area contributed by atoms with E-state index in [4.69, 9.17) is 23.2 Å². The van der Waals surface area contributed by atoms with Crippen molar-refractivity contribution in [3.05, 3.63) is 44.9 Å². The quantitative estimate of drug-likeness (QED) is 0.435. The van der Waals surface area contributed by atoms with Crippen LogP contribution in [-0.2, 0) is 16.0 Å². The summed E-state index contributed by atoms with van der Waals surface area (Å²) in [6.07, 6.45) is 3.28. The molecule has 1 aromatic carbocycles. The highest BCUT2D eigenvalue weighted by Crippen LogP contribution is 2.23. The number of hydrogen-bond acceptors (Lipinski definition) is 5. The number of hydrogen-bond donors (Lipinski definition) is 2. The van der Waals surface area contributed by atoms with E-state index in [1.165, 1.54) is 22.3 Å². The number of aromatic nitrogens is 1. The van der Waals surface area contributed by atoms with E-state index in [1.54, 1.807) is 17.5 Å². The van der Waals surface area contributed by atoms with Crippen LogP contribution in [0, 0.1) is 0 Å². The lowest BCUT2D eigenvalue weighted by molar-refractivity contribution is -0.120. The number of nitrogens with zero attached hydrogens (tertiary/aromatic N) is 2. The molecule has 2 aromatic rings. The third-order valence-electron chi connectivity index (χ3n) is 4.60. The Bertz CT molecular complexity index is 949. The first-order valence-corrected chi connectivity index (χ1v) is 12.1. The van der Waals surface area contributed by atoms with E-state index in [0.29, 0.717) is 22.4 Å². The SMILES string of the molecule is CCCCCNC(=O)Cc1csc(NC(=O)CN(C(=O)c2ccc(Cl)cc2Cl)C(C)C)n1. The summed E-state index contributed by atoms with van der Waals surface area (Å²) >= 11 is 13.3. The van der Waals surface area contributed by atoms with E-state index in [1.807, 2.05) is 13.8 Å². The standard InChI is InChI=1S/C22H28Cl2N4O3S/c1-4-5-6-9-25-19(29)11-16-13-32-22(26-16)27-20(30)12-28(14(2)3)21(31)17-8-7-15(23)10-18(17)24/h7-8,10,13-14H,4-6,9,11-12H2,1-3H3,(H,25,29)(H,26,27,30). The van der Waals surface area contributed by atoms with Crippen molar-refractivity contribution in [3.63, 3.8) is 0 Å². The first kappa shape index (κ1) is 26.1. The second kappa shape index (κ2) is 12.8. The molecule has 0 saturated heterocycles. The fourth-order valence-corrected chi connectivity index (χ4v) is 4.11. The number of anilines is 1. The highest BCUT2D eigenvalue weighted by molar-refractivity contribution is 7.13. The highest BCUT2D eigenvalue weighted by atomic mass is 35.5. The van der Waals surface area contributed by atoms with Gasteiger partial charge in [-0.2, -0.15) is 0 Å². The average molecular weight is 499 g/mol. The van der Waals surface area contributed by atoms with Gasteiger partial charge in [-0.25, -0.2) is 4.98 Å². The average Bonchev–Trinajstić information content (AvgIpc) is 3.15. The monoisotopic (exact) mass is 498 g/mol. The van der Waals surface area contributed by atoms with Crippen LogP contribution in [0.5, 0.6) is 0 Å². The van der Waals surface area contributed by atoms with E-state index in [9.17, 15) is 14.4 Å². The first-order valence-electron chi connectivity index (χ1n) is 10.5. The molecule has 0 aliphatic rings. The van der Waals surface area contributed by atoms with Crippen molar-refractivity contribution in [2.75, 3.05) is 18.4 Å². The highest BCUT2D eigenvalue weighted by Gasteiger charge is 2.24. The molecule has 174 valence electrons. The fourth-order valence-electron chi connectivity index (χ4n) is 2.90. The minimum absolute atomic E-state index is 0.0966. The Morgan fingerprint density at radius 1 is 1.16 bits per heavy atom. The topological polar surface area (TPSA) is 91.4 Å². The molecular formula is C22H28Cl2N4O3S. The van der Waals surface area contributed by atoms with E-state index >= 15 is 0 Å². The molecule has 0 radical (unpaired) electrons. The first-order chi connectivity index (χ1) is 15.2. The predicted molar refractivity (Wildman–Crippen MR) is 130 cm³/mol. The van der Waals surface area contributed by atoms with E-state index < -0.39 is 0 Å². The minimum Gasteiger partial charge on any atom is -0.356 e. The molecular weight excluding hydrogens is 471 g/mol. The summed E-state index contributed by atoms with van der Waals surface area (Å²) in [5.74, 6) is -0.848. The molecule has 3 amide bonds. The van der Waals surface area contributed by atoms with Crippen LogP contribution in [0.2, 0.25) is 10.0 Å². The summed E-state index contributed by atoms with van der Waals surface area (Å²) in [5, 5.41) is 8.33. The van der Waals surface area contributed by atoms with Gasteiger partial charge in [0.25, 0.3) is 5.91 Å². The van der Waals surface area contributed by atoms with Gasteiger partial charge >= 0.3 is 0 Å². The van der Waals surface area contributed by atoms with Crippen molar-refractivity contribution < 1.29 is 14.4 Å². The molecule has 0 bridgehead atoms. The zero-order chi connectivity index (χ0) is 23.7. The number of rotatable bonds is 11. The fraction of sp³-hybridized carbons (Fsp3) is 0.455. The van der Waals surface area contributed by atoms with E-state index in [0.717, 1.165) is 19.3 Å². The summed E-state index contributed by atoms with van der Waals surface area (Å²) < 4.78 is 0. The maximum Gasteiger partial charge on any atom is 0.256 e. The number of carbonyl (C=O) groups excluding carboxylic acids is 3. The number of carbonyl (C=O) groups is 3. The molecule has 0 atom stereocenters. The summed E-state index contributed by atoms with van der Waals surface area (Å²) in [7, 11) is 0. The lowest BCUT2D eigenvalue weighted by Gasteiger charge is -2.26. The Balaban J connectivity index is 1.94. The molecule has 10 heteroatoms. The van der Waals surface area contributed by atoms with Crippen molar-refractivity contribution in [3.8, 4) is 0 Å². The third-order valence-corrected chi connectivity index (χ3v) is 5.96. The molecule has 1 heterocycles. The van der Waals surface area contributed by atoms with Crippen molar-refractivity contribution >= 4 is 57.4 Å². The van der Waals surface area contributed by atoms with Crippen LogP contribution in [0.4, 0.5) is 5.13 Å². The van der Waals surface area contributed by atoms with E-state index in [-0.39, 0.29) is 47.3 Å². The molecule has 7 nitrogen and oxygen atoms in total. The lowest BCUT2D eigenvalue weighted by Crippen LogP contribution is -2.42. The Labute approximate surface area is 202 Å². The zero-order valence-corrected chi connectivity index (χ0v) is 20.7. The van der Waals surface area contributed by atoms with Crippen LogP contribution < -0.4 is 10.6 Å². The molecule has 2 N–H and O–H groups in total. The Hall–Kier alpha value is -2.16. The Kier molecular flexibility index (Phi) is 10.4. The maximum absolute atomic E-state index is 12.9. The van der Waals surface area contributed by atoms with Gasteiger partial charge in [-0.15, -0.1) is 11.3 Å². The maximum atomic E-state index is 12.9. The number of amides is 3. The predicted octanol–water partition coefficient (Wildman–Crippen LogP) is 4.79. The van der Waals surface area contributed by atoms with Gasteiger partial charge in [-0.3, -0.25) is 14.4 Å².